The van der Waals surface area contributed by atoms with Crippen LogP contribution in [0.5, 0.6) is 0 Å². The van der Waals surface area contributed by atoms with Crippen molar-refractivity contribution in [3.8, 4) is 0 Å². The van der Waals surface area contributed by atoms with E-state index >= 15 is 0 Å². The van der Waals surface area contributed by atoms with Crippen LogP contribution in [-0.2, 0) is 16.6 Å². The molecule has 0 heterocycles. The van der Waals surface area contributed by atoms with Crippen LogP contribution in [0, 0.1) is 0 Å². The molecular formula is C17H18ClNO. The number of ketones is 1. The average Bonchev–Trinajstić information content (AvgIpc) is 2.42. The van der Waals surface area contributed by atoms with Gasteiger partial charge in [-0.05, 0) is 49.2 Å². The first-order chi connectivity index (χ1) is 9.39. The van der Waals surface area contributed by atoms with E-state index in [0.29, 0.717) is 17.1 Å². The molecule has 2 nitrogen and oxygen atoms in total. The van der Waals surface area contributed by atoms with Crippen LogP contribution in [-0.4, -0.2) is 5.78 Å². The van der Waals surface area contributed by atoms with Crippen LogP contribution in [0.1, 0.15) is 25.0 Å². The minimum atomic E-state index is -0.534. The molecule has 2 aromatic rings. The Balaban J connectivity index is 2.18. The highest BCUT2D eigenvalue weighted by Gasteiger charge is 2.29. The van der Waals surface area contributed by atoms with E-state index in [4.69, 9.17) is 17.3 Å². The Morgan fingerprint density at radius 3 is 2.15 bits per heavy atom. The van der Waals surface area contributed by atoms with Crippen molar-refractivity contribution in [2.75, 3.05) is 5.73 Å². The summed E-state index contributed by atoms with van der Waals surface area (Å²) in [6, 6.07) is 14.9. The number of anilines is 1. The zero-order valence-electron chi connectivity index (χ0n) is 11.7. The normalized spacial score (nSPS) is 11.3. The molecule has 3 heteroatoms. The maximum atomic E-state index is 12.5. The van der Waals surface area contributed by atoms with Crippen molar-refractivity contribution in [2.24, 2.45) is 0 Å². The highest BCUT2D eigenvalue weighted by atomic mass is 35.5. The third-order valence-corrected chi connectivity index (χ3v) is 3.86. The number of rotatable bonds is 4. The molecule has 0 aliphatic carbocycles. The van der Waals surface area contributed by atoms with Crippen LogP contribution in [0.15, 0.2) is 48.5 Å². The predicted octanol–water partition coefficient (Wildman–Crippen LogP) is 4.01. The lowest BCUT2D eigenvalue weighted by Gasteiger charge is -2.24. The fraction of sp³-hybridized carbons (Fsp3) is 0.235. The molecule has 0 aliphatic heterocycles. The van der Waals surface area contributed by atoms with Gasteiger partial charge in [0.05, 0.1) is 0 Å². The van der Waals surface area contributed by atoms with E-state index < -0.39 is 5.41 Å². The topological polar surface area (TPSA) is 43.1 Å². The molecule has 104 valence electrons. The van der Waals surface area contributed by atoms with Crippen molar-refractivity contribution in [2.45, 2.75) is 25.7 Å². The van der Waals surface area contributed by atoms with Gasteiger partial charge in [0.2, 0.25) is 0 Å². The minimum absolute atomic E-state index is 0.171. The van der Waals surface area contributed by atoms with Crippen molar-refractivity contribution in [3.05, 3.63) is 64.7 Å². The van der Waals surface area contributed by atoms with E-state index in [-0.39, 0.29) is 5.78 Å². The first-order valence-corrected chi connectivity index (χ1v) is 6.91. The molecule has 20 heavy (non-hydrogen) atoms. The lowest BCUT2D eigenvalue weighted by Crippen LogP contribution is -2.30. The third-order valence-electron chi connectivity index (χ3n) is 3.61. The highest BCUT2D eigenvalue weighted by Crippen LogP contribution is 2.26. The Morgan fingerprint density at radius 2 is 1.60 bits per heavy atom. The second-order valence-electron chi connectivity index (χ2n) is 5.47. The summed E-state index contributed by atoms with van der Waals surface area (Å²) >= 11 is 5.85. The lowest BCUT2D eigenvalue weighted by atomic mass is 9.78. The molecule has 0 saturated heterocycles. The van der Waals surface area contributed by atoms with Gasteiger partial charge in [-0.3, -0.25) is 4.79 Å². The lowest BCUT2D eigenvalue weighted by molar-refractivity contribution is -0.122. The fourth-order valence-electron chi connectivity index (χ4n) is 2.07. The first-order valence-electron chi connectivity index (χ1n) is 6.53. The number of hydrogen-bond acceptors (Lipinski definition) is 2. The summed E-state index contributed by atoms with van der Waals surface area (Å²) in [5.41, 5.74) is 7.81. The minimum Gasteiger partial charge on any atom is -0.399 e. The van der Waals surface area contributed by atoms with Gasteiger partial charge in [0.25, 0.3) is 0 Å². The summed E-state index contributed by atoms with van der Waals surface area (Å²) in [4.78, 5) is 12.5. The Hall–Kier alpha value is -1.80. The Kier molecular flexibility index (Phi) is 4.15. The SMILES string of the molecule is CC(C)(C(=O)Cc1ccc(Cl)cc1)c1ccc(N)cc1. The Labute approximate surface area is 124 Å². The number of nitrogens with two attached hydrogens (primary N) is 1. The van der Waals surface area contributed by atoms with E-state index in [2.05, 4.69) is 0 Å². The number of carbonyl (C=O) groups is 1. The molecule has 0 saturated carbocycles. The number of hydrogen-bond donors (Lipinski definition) is 1. The average molecular weight is 288 g/mol. The Bertz CT molecular complexity index is 600. The van der Waals surface area contributed by atoms with Crippen molar-refractivity contribution < 1.29 is 4.79 Å². The van der Waals surface area contributed by atoms with Gasteiger partial charge in [0.15, 0.2) is 0 Å². The van der Waals surface area contributed by atoms with Gasteiger partial charge in [-0.1, -0.05) is 35.9 Å². The third kappa shape index (κ3) is 3.20. The van der Waals surface area contributed by atoms with Gasteiger partial charge >= 0.3 is 0 Å². The van der Waals surface area contributed by atoms with Crippen LogP contribution in [0.2, 0.25) is 5.02 Å². The van der Waals surface area contributed by atoms with Gasteiger partial charge in [-0.25, -0.2) is 0 Å². The monoisotopic (exact) mass is 287 g/mol. The van der Waals surface area contributed by atoms with Crippen LogP contribution in [0.3, 0.4) is 0 Å². The molecule has 2 N–H and O–H groups in total. The number of nitrogen functional groups attached to an aromatic ring is 1. The summed E-state index contributed by atoms with van der Waals surface area (Å²) < 4.78 is 0. The molecule has 0 radical (unpaired) electrons. The van der Waals surface area contributed by atoms with E-state index in [9.17, 15) is 4.79 Å². The van der Waals surface area contributed by atoms with Crippen molar-refractivity contribution in [1.29, 1.82) is 0 Å². The fourth-order valence-corrected chi connectivity index (χ4v) is 2.20. The van der Waals surface area contributed by atoms with Crippen molar-refractivity contribution in [1.82, 2.24) is 0 Å². The number of Topliss-reactive ketones (excluding diaryl/α,β-unsaturated/α-hetero) is 1. The van der Waals surface area contributed by atoms with Gasteiger partial charge in [0, 0.05) is 22.5 Å². The second kappa shape index (κ2) is 5.68. The summed E-state index contributed by atoms with van der Waals surface area (Å²) in [7, 11) is 0. The van der Waals surface area contributed by atoms with E-state index in [1.807, 2.05) is 50.2 Å². The first kappa shape index (κ1) is 14.6. The number of carbonyl (C=O) groups excluding carboxylic acids is 1. The van der Waals surface area contributed by atoms with Crippen molar-refractivity contribution in [3.63, 3.8) is 0 Å². The smallest absolute Gasteiger partial charge is 0.147 e. The van der Waals surface area contributed by atoms with Crippen LogP contribution in [0.25, 0.3) is 0 Å². The molecular weight excluding hydrogens is 270 g/mol. The number of benzene rings is 2. The molecule has 0 atom stereocenters. The summed E-state index contributed by atoms with van der Waals surface area (Å²) in [6.45, 7) is 3.88. The van der Waals surface area contributed by atoms with Crippen LogP contribution >= 0.6 is 11.6 Å². The highest BCUT2D eigenvalue weighted by molar-refractivity contribution is 6.30. The number of halogens is 1. The van der Waals surface area contributed by atoms with E-state index in [0.717, 1.165) is 11.1 Å². The zero-order chi connectivity index (χ0) is 14.8. The van der Waals surface area contributed by atoms with Crippen LogP contribution < -0.4 is 5.73 Å². The molecule has 2 aromatic carbocycles. The van der Waals surface area contributed by atoms with E-state index in [1.54, 1.807) is 12.1 Å². The standard InChI is InChI=1S/C17H18ClNO/c1-17(2,13-5-9-15(19)10-6-13)16(20)11-12-3-7-14(18)8-4-12/h3-10H,11,19H2,1-2H3. The predicted molar refractivity (Wildman–Crippen MR) is 84.0 cm³/mol. The molecule has 0 bridgehead atoms. The van der Waals surface area contributed by atoms with Gasteiger partial charge in [-0.2, -0.15) is 0 Å². The van der Waals surface area contributed by atoms with E-state index in [1.165, 1.54) is 0 Å². The largest absolute Gasteiger partial charge is 0.399 e. The zero-order valence-corrected chi connectivity index (χ0v) is 12.4. The van der Waals surface area contributed by atoms with Crippen molar-refractivity contribution >= 4 is 23.1 Å². The van der Waals surface area contributed by atoms with Gasteiger partial charge in [0.1, 0.15) is 5.78 Å². The second-order valence-corrected chi connectivity index (χ2v) is 5.91. The van der Waals surface area contributed by atoms with Gasteiger partial charge < -0.3 is 5.73 Å². The summed E-state index contributed by atoms with van der Waals surface area (Å²) in [5.74, 6) is 0.171. The maximum Gasteiger partial charge on any atom is 0.147 e. The molecule has 0 fully saturated rings. The molecule has 0 unspecified atom stereocenters. The summed E-state index contributed by atoms with van der Waals surface area (Å²) in [6.07, 6.45) is 0.397. The molecule has 0 aromatic heterocycles. The van der Waals surface area contributed by atoms with Gasteiger partial charge in [-0.15, -0.1) is 0 Å². The van der Waals surface area contributed by atoms with Crippen LogP contribution in [0.4, 0.5) is 5.69 Å². The maximum absolute atomic E-state index is 12.5. The molecule has 0 spiro atoms. The molecule has 2 rings (SSSR count). The molecule has 0 amide bonds. The Morgan fingerprint density at radius 1 is 1.05 bits per heavy atom. The molecule has 0 aliphatic rings. The quantitative estimate of drug-likeness (QED) is 0.863. The summed E-state index contributed by atoms with van der Waals surface area (Å²) in [5, 5.41) is 0.680.